The van der Waals surface area contributed by atoms with E-state index in [9.17, 15) is 0 Å². The Hall–Kier alpha value is 0. The second-order valence-electron chi connectivity index (χ2n) is 7.77. The quantitative estimate of drug-likeness (QED) is 0.462. The summed E-state index contributed by atoms with van der Waals surface area (Å²) in [4.78, 5) is 0. The van der Waals surface area contributed by atoms with Crippen LogP contribution in [0.5, 0.6) is 0 Å². The van der Waals surface area contributed by atoms with Crippen LogP contribution in [0.4, 0.5) is 0 Å². The minimum atomic E-state index is 0.744. The molecule has 0 heteroatoms. The molecule has 116 valence electrons. The molecule has 0 nitrogen and oxygen atoms in total. The minimum Gasteiger partial charge on any atom is -0.0654 e. The van der Waals surface area contributed by atoms with E-state index in [0.717, 1.165) is 23.2 Å². The Morgan fingerprint density at radius 2 is 1.53 bits per heavy atom. The van der Waals surface area contributed by atoms with Crippen LogP contribution in [0.2, 0.25) is 0 Å². The normalized spacial score (nSPS) is 20.2. The Balaban J connectivity index is 0.000000342. The number of hydrogen-bond donors (Lipinski definition) is 0. The lowest BCUT2D eigenvalue weighted by Crippen LogP contribution is -2.26. The average Bonchev–Trinajstić information content (AvgIpc) is 2.33. The molecule has 0 N–H and O–H groups in total. The van der Waals surface area contributed by atoms with Crippen molar-refractivity contribution >= 4 is 0 Å². The summed E-state index contributed by atoms with van der Waals surface area (Å²) >= 11 is 0. The molecule has 0 aliphatic heterocycles. The first kappa shape index (κ1) is 19.0. The predicted molar refractivity (Wildman–Crippen MR) is 89.6 cm³/mol. The van der Waals surface area contributed by atoms with Crippen molar-refractivity contribution in [3.63, 3.8) is 0 Å². The highest BCUT2D eigenvalue weighted by Gasteiger charge is 2.31. The van der Waals surface area contributed by atoms with Crippen molar-refractivity contribution in [3.8, 4) is 0 Å². The summed E-state index contributed by atoms with van der Waals surface area (Å²) in [5.74, 6) is 2.76. The average molecular weight is 269 g/mol. The molecule has 1 rings (SSSR count). The molecule has 1 fully saturated rings. The molecule has 1 aliphatic carbocycles. The summed E-state index contributed by atoms with van der Waals surface area (Å²) in [6.45, 7) is 16.4. The van der Waals surface area contributed by atoms with E-state index in [1.807, 2.05) is 0 Å². The second kappa shape index (κ2) is 9.83. The molecule has 0 saturated heterocycles. The second-order valence-corrected chi connectivity index (χ2v) is 7.77. The lowest BCUT2D eigenvalue weighted by atomic mass is 9.66. The monoisotopic (exact) mass is 268 g/mol. The van der Waals surface area contributed by atoms with E-state index in [1.165, 1.54) is 51.4 Å². The Bertz CT molecular complexity index is 200. The van der Waals surface area contributed by atoms with Gasteiger partial charge in [-0.25, -0.2) is 0 Å². The van der Waals surface area contributed by atoms with Crippen molar-refractivity contribution < 1.29 is 0 Å². The van der Waals surface area contributed by atoms with Crippen LogP contribution in [0, 0.1) is 23.2 Å². The molecule has 2 unspecified atom stereocenters. The third kappa shape index (κ3) is 8.71. The van der Waals surface area contributed by atoms with Crippen molar-refractivity contribution in [1.29, 1.82) is 0 Å². The van der Waals surface area contributed by atoms with Crippen LogP contribution in [0.25, 0.3) is 0 Å². The van der Waals surface area contributed by atoms with Crippen LogP contribution in [0.15, 0.2) is 0 Å². The Labute approximate surface area is 123 Å². The molecule has 0 spiro atoms. The van der Waals surface area contributed by atoms with Crippen molar-refractivity contribution in [2.75, 3.05) is 0 Å². The van der Waals surface area contributed by atoms with Gasteiger partial charge in [-0.1, -0.05) is 80.6 Å². The van der Waals surface area contributed by atoms with Gasteiger partial charge in [-0.3, -0.25) is 0 Å². The van der Waals surface area contributed by atoms with Gasteiger partial charge in [-0.15, -0.1) is 0 Å². The van der Waals surface area contributed by atoms with Gasteiger partial charge in [-0.2, -0.15) is 0 Å². The van der Waals surface area contributed by atoms with Crippen molar-refractivity contribution in [1.82, 2.24) is 0 Å². The molecule has 0 aromatic rings. The van der Waals surface area contributed by atoms with Gasteiger partial charge in [-0.05, 0) is 42.4 Å². The summed E-state index contributed by atoms with van der Waals surface area (Å²) in [6.07, 6.45) is 11.4. The van der Waals surface area contributed by atoms with Gasteiger partial charge in [0.2, 0.25) is 0 Å². The lowest BCUT2D eigenvalue weighted by Gasteiger charge is -2.39. The van der Waals surface area contributed by atoms with Gasteiger partial charge in [0.25, 0.3) is 0 Å². The van der Waals surface area contributed by atoms with Gasteiger partial charge in [0, 0.05) is 0 Å². The fraction of sp³-hybridized carbons (Fsp3) is 1.00. The maximum atomic E-state index is 2.43. The van der Waals surface area contributed by atoms with Crippen LogP contribution in [0.1, 0.15) is 99.8 Å². The zero-order chi connectivity index (χ0) is 14.9. The summed E-state index contributed by atoms with van der Waals surface area (Å²) in [5, 5.41) is 0. The molecule has 0 aromatic heterocycles. The minimum absolute atomic E-state index is 0.744. The summed E-state index contributed by atoms with van der Waals surface area (Å²) < 4.78 is 0. The fourth-order valence-corrected chi connectivity index (χ4v) is 3.18. The zero-order valence-corrected chi connectivity index (χ0v) is 14.9. The largest absolute Gasteiger partial charge is 0.0654 e. The van der Waals surface area contributed by atoms with Crippen molar-refractivity contribution in [3.05, 3.63) is 0 Å². The highest BCUT2D eigenvalue weighted by atomic mass is 14.4. The molecule has 0 aromatic carbocycles. The summed E-state index contributed by atoms with van der Waals surface area (Å²) in [5.41, 5.74) is 0.744. The van der Waals surface area contributed by atoms with E-state index < -0.39 is 0 Å². The summed E-state index contributed by atoms with van der Waals surface area (Å²) in [7, 11) is 0. The van der Waals surface area contributed by atoms with E-state index in [2.05, 4.69) is 48.5 Å². The molecule has 1 saturated carbocycles. The Kier molecular flexibility index (Phi) is 9.83. The number of unbranched alkanes of at least 4 members (excludes halogenated alkanes) is 1. The molecule has 0 amide bonds. The highest BCUT2D eigenvalue weighted by molar-refractivity contribution is 4.83. The predicted octanol–water partition coefficient (Wildman–Crippen LogP) is 7.08. The Morgan fingerprint density at radius 1 is 0.947 bits per heavy atom. The molecule has 0 radical (unpaired) electrons. The van der Waals surface area contributed by atoms with Gasteiger partial charge < -0.3 is 0 Å². The van der Waals surface area contributed by atoms with E-state index in [-0.39, 0.29) is 0 Å². The van der Waals surface area contributed by atoms with Crippen LogP contribution < -0.4 is 0 Å². The lowest BCUT2D eigenvalue weighted by molar-refractivity contribution is 0.125. The molecule has 2 atom stereocenters. The SMILES string of the molecule is CC(C)CC1(C)CCC1.CCCCC(C)C(C)CC. The maximum absolute atomic E-state index is 2.43. The first-order chi connectivity index (χ1) is 8.84. The molecular formula is C19H40. The third-order valence-electron chi connectivity index (χ3n) is 5.09. The first-order valence-corrected chi connectivity index (χ1v) is 8.84. The zero-order valence-electron chi connectivity index (χ0n) is 14.9. The third-order valence-corrected chi connectivity index (χ3v) is 5.09. The molecule has 19 heavy (non-hydrogen) atoms. The maximum Gasteiger partial charge on any atom is -0.0323 e. The van der Waals surface area contributed by atoms with Crippen LogP contribution in [0.3, 0.4) is 0 Å². The Morgan fingerprint density at radius 3 is 1.79 bits per heavy atom. The number of hydrogen-bond acceptors (Lipinski definition) is 0. The van der Waals surface area contributed by atoms with E-state index in [0.29, 0.717) is 0 Å². The van der Waals surface area contributed by atoms with E-state index in [4.69, 9.17) is 0 Å². The van der Waals surface area contributed by atoms with Gasteiger partial charge in [0.05, 0.1) is 0 Å². The van der Waals surface area contributed by atoms with Gasteiger partial charge in [0.15, 0.2) is 0 Å². The fourth-order valence-electron chi connectivity index (χ4n) is 3.18. The summed E-state index contributed by atoms with van der Waals surface area (Å²) in [6, 6.07) is 0. The number of rotatable bonds is 7. The van der Waals surface area contributed by atoms with Gasteiger partial charge in [0.1, 0.15) is 0 Å². The van der Waals surface area contributed by atoms with Crippen LogP contribution in [-0.4, -0.2) is 0 Å². The van der Waals surface area contributed by atoms with Crippen LogP contribution in [-0.2, 0) is 0 Å². The van der Waals surface area contributed by atoms with Crippen molar-refractivity contribution in [2.45, 2.75) is 99.8 Å². The van der Waals surface area contributed by atoms with E-state index >= 15 is 0 Å². The van der Waals surface area contributed by atoms with Crippen LogP contribution >= 0.6 is 0 Å². The smallest absolute Gasteiger partial charge is 0.0323 e. The molecular weight excluding hydrogens is 228 g/mol. The highest BCUT2D eigenvalue weighted by Crippen LogP contribution is 2.44. The van der Waals surface area contributed by atoms with E-state index in [1.54, 1.807) is 0 Å². The topological polar surface area (TPSA) is 0 Å². The first-order valence-electron chi connectivity index (χ1n) is 8.84. The molecule has 1 aliphatic rings. The van der Waals surface area contributed by atoms with Gasteiger partial charge >= 0.3 is 0 Å². The van der Waals surface area contributed by atoms with Crippen molar-refractivity contribution in [2.24, 2.45) is 23.2 Å². The molecule has 0 bridgehead atoms. The standard InChI is InChI=1S/C10H22.C9H18/c1-5-7-8-10(4)9(3)6-2;1-8(2)7-9(3)5-4-6-9/h9-10H,5-8H2,1-4H3;8H,4-7H2,1-3H3. The molecule has 0 heterocycles.